The molecule has 0 saturated carbocycles. The summed E-state index contributed by atoms with van der Waals surface area (Å²) in [6, 6.07) is 9.34. The van der Waals surface area contributed by atoms with Crippen LogP contribution in [-0.2, 0) is 20.9 Å². The molecule has 0 spiro atoms. The van der Waals surface area contributed by atoms with Gasteiger partial charge in [0.15, 0.2) is 0 Å². The summed E-state index contributed by atoms with van der Waals surface area (Å²) in [5, 5.41) is 17.1. The van der Waals surface area contributed by atoms with Gasteiger partial charge in [-0.3, -0.25) is 9.59 Å². The molecule has 1 heterocycles. The van der Waals surface area contributed by atoms with Crippen molar-refractivity contribution in [1.82, 2.24) is 10.3 Å². The average molecular weight is 331 g/mol. The molecular weight excluding hydrogens is 310 g/mol. The molecule has 0 bridgehead atoms. The number of carbonyl (C=O) groups is 3. The Hall–Kier alpha value is -2.70. The fourth-order valence-corrected chi connectivity index (χ4v) is 2.26. The summed E-state index contributed by atoms with van der Waals surface area (Å²) in [5.74, 6) is -1.81. The van der Waals surface area contributed by atoms with Crippen LogP contribution >= 0.6 is 0 Å². The Morgan fingerprint density at radius 2 is 1.96 bits per heavy atom. The van der Waals surface area contributed by atoms with E-state index in [1.165, 1.54) is 11.9 Å². The molecule has 0 aliphatic carbocycles. The number of hydrazone groups is 1. The number of aliphatic carboxylic acids is 1. The van der Waals surface area contributed by atoms with Crippen LogP contribution in [0.3, 0.4) is 0 Å². The van der Waals surface area contributed by atoms with Gasteiger partial charge in [0.25, 0.3) is 5.91 Å². The zero-order valence-corrected chi connectivity index (χ0v) is 13.8. The van der Waals surface area contributed by atoms with Crippen molar-refractivity contribution in [1.29, 1.82) is 0 Å². The van der Waals surface area contributed by atoms with Gasteiger partial charge < -0.3 is 10.4 Å². The number of nitrogens with one attached hydrogen (secondary N) is 1. The topological polar surface area (TPSA) is 99.1 Å². The quantitative estimate of drug-likeness (QED) is 0.826. The molecule has 0 radical (unpaired) electrons. The second kappa shape index (κ2) is 7.25. The molecule has 1 aromatic carbocycles. The van der Waals surface area contributed by atoms with E-state index >= 15 is 0 Å². The van der Waals surface area contributed by atoms with E-state index in [4.69, 9.17) is 0 Å². The molecule has 2 rings (SSSR count). The van der Waals surface area contributed by atoms with Crippen LogP contribution in [-0.4, -0.2) is 39.1 Å². The second-order valence-corrected chi connectivity index (χ2v) is 5.93. The Balaban J connectivity index is 2.14. The summed E-state index contributed by atoms with van der Waals surface area (Å²) in [4.78, 5) is 35.7. The van der Waals surface area contributed by atoms with Crippen LogP contribution in [0.5, 0.6) is 0 Å². The third-order valence-corrected chi connectivity index (χ3v) is 4.11. The maximum absolute atomic E-state index is 12.3. The molecule has 1 aromatic rings. The van der Waals surface area contributed by atoms with Gasteiger partial charge in [-0.25, -0.2) is 9.80 Å². The van der Waals surface area contributed by atoms with Crippen LogP contribution in [0, 0.1) is 0 Å². The van der Waals surface area contributed by atoms with Gasteiger partial charge in [-0.1, -0.05) is 37.3 Å². The average Bonchev–Trinajstić information content (AvgIpc) is 2.57. The Labute approximate surface area is 140 Å². The molecule has 2 N–H and O–H groups in total. The van der Waals surface area contributed by atoms with E-state index in [0.29, 0.717) is 0 Å². The molecule has 7 nitrogen and oxygen atoms in total. The van der Waals surface area contributed by atoms with Gasteiger partial charge >= 0.3 is 5.97 Å². The van der Waals surface area contributed by atoms with Gasteiger partial charge in [-0.05, 0) is 18.9 Å². The van der Waals surface area contributed by atoms with Gasteiger partial charge in [0.1, 0.15) is 11.3 Å². The second-order valence-electron chi connectivity index (χ2n) is 5.93. The van der Waals surface area contributed by atoms with E-state index in [-0.39, 0.29) is 37.4 Å². The number of amides is 2. The number of benzene rings is 1. The van der Waals surface area contributed by atoms with Crippen molar-refractivity contribution in [2.45, 2.75) is 45.2 Å². The minimum atomic E-state index is -1.36. The van der Waals surface area contributed by atoms with Crippen molar-refractivity contribution in [2.24, 2.45) is 5.10 Å². The van der Waals surface area contributed by atoms with E-state index in [1.54, 1.807) is 6.92 Å². The van der Waals surface area contributed by atoms with Gasteiger partial charge in [-0.15, -0.1) is 0 Å². The van der Waals surface area contributed by atoms with Crippen LogP contribution in [0.25, 0.3) is 0 Å². The summed E-state index contributed by atoms with van der Waals surface area (Å²) in [6.07, 6.45) is 0.623. The van der Waals surface area contributed by atoms with Crippen molar-refractivity contribution in [2.75, 3.05) is 0 Å². The number of rotatable bonds is 6. The minimum absolute atomic E-state index is 0.160. The maximum Gasteiger partial charge on any atom is 0.329 e. The number of nitrogens with zero attached hydrogens (tertiary/aromatic N) is 2. The summed E-state index contributed by atoms with van der Waals surface area (Å²) >= 11 is 0. The van der Waals surface area contributed by atoms with Crippen LogP contribution < -0.4 is 5.32 Å². The van der Waals surface area contributed by atoms with E-state index < -0.39 is 17.4 Å². The number of hydrogen-bond acceptors (Lipinski definition) is 4. The lowest BCUT2D eigenvalue weighted by Crippen LogP contribution is -2.54. The van der Waals surface area contributed by atoms with Crippen molar-refractivity contribution in [3.8, 4) is 0 Å². The van der Waals surface area contributed by atoms with E-state index in [9.17, 15) is 19.5 Å². The monoisotopic (exact) mass is 331 g/mol. The smallest absolute Gasteiger partial charge is 0.329 e. The van der Waals surface area contributed by atoms with Crippen molar-refractivity contribution in [3.63, 3.8) is 0 Å². The zero-order valence-electron chi connectivity index (χ0n) is 13.8. The Bertz CT molecular complexity index is 672. The highest BCUT2D eigenvalue weighted by Gasteiger charge is 2.35. The highest BCUT2D eigenvalue weighted by Crippen LogP contribution is 2.15. The molecule has 1 atom stereocenters. The van der Waals surface area contributed by atoms with Crippen molar-refractivity contribution in [3.05, 3.63) is 35.9 Å². The Kier molecular flexibility index (Phi) is 5.33. The van der Waals surface area contributed by atoms with E-state index in [2.05, 4.69) is 10.4 Å². The lowest BCUT2D eigenvalue weighted by Gasteiger charge is -2.27. The lowest BCUT2D eigenvalue weighted by atomic mass is 9.98. The Morgan fingerprint density at radius 3 is 2.54 bits per heavy atom. The highest BCUT2D eigenvalue weighted by molar-refractivity contribution is 6.40. The molecule has 1 aliphatic heterocycles. The predicted molar refractivity (Wildman–Crippen MR) is 88.1 cm³/mol. The summed E-state index contributed by atoms with van der Waals surface area (Å²) in [6.45, 7) is 3.41. The van der Waals surface area contributed by atoms with Crippen LogP contribution in [0.15, 0.2) is 35.4 Å². The van der Waals surface area contributed by atoms with Gasteiger partial charge in [0.2, 0.25) is 5.91 Å². The summed E-state index contributed by atoms with van der Waals surface area (Å²) in [7, 11) is 0. The molecule has 0 aromatic heterocycles. The van der Waals surface area contributed by atoms with Crippen molar-refractivity contribution < 1.29 is 19.5 Å². The third kappa shape index (κ3) is 3.98. The first-order valence-electron chi connectivity index (χ1n) is 7.83. The number of carboxylic acid groups (broad SMARTS) is 1. The molecule has 1 aliphatic rings. The minimum Gasteiger partial charge on any atom is -0.480 e. The lowest BCUT2D eigenvalue weighted by molar-refractivity contribution is -0.146. The zero-order chi connectivity index (χ0) is 17.7. The maximum atomic E-state index is 12.3. The molecule has 1 unspecified atom stereocenters. The SMILES string of the molecule is CCC(C)(NC(=O)C1=NN(Cc2ccccc2)C(=O)CC1)C(=O)O. The fraction of sp³-hybridized carbons (Fsp3) is 0.412. The van der Waals surface area contributed by atoms with Crippen LogP contribution in [0.4, 0.5) is 0 Å². The first kappa shape index (κ1) is 17.7. The molecular formula is C17H21N3O4. The summed E-state index contributed by atoms with van der Waals surface area (Å²) < 4.78 is 0. The first-order chi connectivity index (χ1) is 11.4. The third-order valence-electron chi connectivity index (χ3n) is 4.11. The largest absolute Gasteiger partial charge is 0.480 e. The molecule has 0 fully saturated rings. The van der Waals surface area contributed by atoms with E-state index in [0.717, 1.165) is 5.56 Å². The highest BCUT2D eigenvalue weighted by atomic mass is 16.4. The normalized spacial score (nSPS) is 17.0. The van der Waals surface area contributed by atoms with Crippen LogP contribution in [0.1, 0.15) is 38.7 Å². The van der Waals surface area contributed by atoms with Gasteiger partial charge in [0.05, 0.1) is 6.54 Å². The fourth-order valence-electron chi connectivity index (χ4n) is 2.26. The molecule has 128 valence electrons. The first-order valence-corrected chi connectivity index (χ1v) is 7.83. The standard InChI is InChI=1S/C17H21N3O4/c1-3-17(2,16(23)24)18-15(22)13-9-10-14(21)20(19-13)11-12-7-5-4-6-8-12/h4-8H,3,9-11H2,1-2H3,(H,18,22)(H,23,24). The van der Waals surface area contributed by atoms with Gasteiger partial charge in [-0.2, -0.15) is 5.10 Å². The van der Waals surface area contributed by atoms with Crippen LogP contribution in [0.2, 0.25) is 0 Å². The van der Waals surface area contributed by atoms with E-state index in [1.807, 2.05) is 30.3 Å². The number of hydrogen-bond donors (Lipinski definition) is 2. The molecule has 2 amide bonds. The van der Waals surface area contributed by atoms with Gasteiger partial charge in [0, 0.05) is 12.8 Å². The molecule has 24 heavy (non-hydrogen) atoms. The van der Waals surface area contributed by atoms with Crippen molar-refractivity contribution >= 4 is 23.5 Å². The predicted octanol–water partition coefficient (Wildman–Crippen LogP) is 1.53. The molecule has 0 saturated heterocycles. The Morgan fingerprint density at radius 1 is 1.29 bits per heavy atom. The summed E-state index contributed by atoms with van der Waals surface area (Å²) in [5.41, 5.74) is -0.280. The number of carboxylic acids is 1. The molecule has 7 heteroatoms. The number of carbonyl (C=O) groups excluding carboxylic acids is 2.